The number of amides is 2. The zero-order valence-corrected chi connectivity index (χ0v) is 17.5. The zero-order chi connectivity index (χ0) is 20.9. The van der Waals surface area contributed by atoms with Crippen LogP contribution in [-0.2, 0) is 6.54 Å². The maximum Gasteiger partial charge on any atom is 0.329 e. The standard InChI is InChI=1S/C25H21N3OS/c1-30-24-9-3-2-8-23(24)21-10-12-22(13-11-21)28-15-5-14-27(25(28)29)18-20-7-4-6-19(16-20)17-26/h2-14,16H,15,18H2,1H3. The molecule has 0 unspecified atom stereocenters. The molecule has 1 aliphatic heterocycles. The van der Waals surface area contributed by atoms with E-state index in [2.05, 4.69) is 36.6 Å². The Balaban J connectivity index is 1.53. The molecule has 0 saturated carbocycles. The van der Waals surface area contributed by atoms with Gasteiger partial charge in [0.25, 0.3) is 0 Å². The fourth-order valence-corrected chi connectivity index (χ4v) is 4.17. The first kappa shape index (κ1) is 19.8. The van der Waals surface area contributed by atoms with Crippen LogP contribution in [0, 0.1) is 11.3 Å². The summed E-state index contributed by atoms with van der Waals surface area (Å²) in [6, 6.07) is 25.9. The van der Waals surface area contributed by atoms with E-state index in [-0.39, 0.29) is 6.03 Å². The number of carbonyl (C=O) groups is 1. The van der Waals surface area contributed by atoms with Gasteiger partial charge in [-0.05, 0) is 59.4 Å². The molecule has 0 spiro atoms. The van der Waals surface area contributed by atoms with Crippen LogP contribution in [0.5, 0.6) is 0 Å². The molecule has 0 aliphatic carbocycles. The molecule has 0 N–H and O–H groups in total. The predicted octanol–water partition coefficient (Wildman–Crippen LogP) is 5.90. The average Bonchev–Trinajstić information content (AvgIpc) is 2.81. The van der Waals surface area contributed by atoms with Crippen molar-refractivity contribution in [2.75, 3.05) is 17.7 Å². The van der Waals surface area contributed by atoms with E-state index in [1.54, 1.807) is 27.6 Å². The highest BCUT2D eigenvalue weighted by atomic mass is 32.2. The Kier molecular flexibility index (Phi) is 5.87. The quantitative estimate of drug-likeness (QED) is 0.491. The van der Waals surface area contributed by atoms with E-state index in [4.69, 9.17) is 5.26 Å². The number of hydrogen-bond acceptors (Lipinski definition) is 3. The number of urea groups is 1. The Morgan fingerprint density at radius 1 is 1.03 bits per heavy atom. The van der Waals surface area contributed by atoms with Crippen LogP contribution in [0.25, 0.3) is 11.1 Å². The van der Waals surface area contributed by atoms with Gasteiger partial charge in [-0.25, -0.2) is 4.79 Å². The average molecular weight is 412 g/mol. The Morgan fingerprint density at radius 2 is 1.83 bits per heavy atom. The van der Waals surface area contributed by atoms with E-state index in [1.807, 2.05) is 54.7 Å². The normalized spacial score (nSPS) is 13.4. The first-order chi connectivity index (χ1) is 14.7. The van der Waals surface area contributed by atoms with Crippen LogP contribution in [0.15, 0.2) is 90.0 Å². The SMILES string of the molecule is CSc1ccccc1-c1ccc(N2CC=CN(Cc3cccc(C#N)c3)C2=O)cc1. The molecule has 4 nitrogen and oxygen atoms in total. The van der Waals surface area contributed by atoms with E-state index in [1.165, 1.54) is 10.5 Å². The minimum Gasteiger partial charge on any atom is -0.297 e. The maximum atomic E-state index is 13.1. The van der Waals surface area contributed by atoms with Crippen LogP contribution in [-0.4, -0.2) is 23.7 Å². The van der Waals surface area contributed by atoms with E-state index in [9.17, 15) is 4.79 Å². The van der Waals surface area contributed by atoms with Crippen LogP contribution < -0.4 is 4.90 Å². The monoisotopic (exact) mass is 411 g/mol. The third kappa shape index (κ3) is 4.10. The third-order valence-corrected chi connectivity index (χ3v) is 5.85. The summed E-state index contributed by atoms with van der Waals surface area (Å²) in [7, 11) is 0. The molecule has 0 radical (unpaired) electrons. The summed E-state index contributed by atoms with van der Waals surface area (Å²) in [5.41, 5.74) is 4.72. The molecule has 4 rings (SSSR count). The molecule has 5 heteroatoms. The highest BCUT2D eigenvalue weighted by Gasteiger charge is 2.23. The molecule has 0 aromatic heterocycles. The van der Waals surface area contributed by atoms with Gasteiger partial charge in [-0.1, -0.05) is 42.5 Å². The van der Waals surface area contributed by atoms with Crippen molar-refractivity contribution in [1.82, 2.24) is 4.90 Å². The van der Waals surface area contributed by atoms with Gasteiger partial charge in [-0.3, -0.25) is 9.80 Å². The molecule has 0 atom stereocenters. The summed E-state index contributed by atoms with van der Waals surface area (Å²) in [6.07, 6.45) is 5.88. The van der Waals surface area contributed by atoms with Crippen molar-refractivity contribution in [2.45, 2.75) is 11.4 Å². The summed E-state index contributed by atoms with van der Waals surface area (Å²) in [6.45, 7) is 0.967. The second-order valence-electron chi connectivity index (χ2n) is 6.97. The van der Waals surface area contributed by atoms with Crippen molar-refractivity contribution in [2.24, 2.45) is 0 Å². The van der Waals surface area contributed by atoms with Crippen LogP contribution >= 0.6 is 11.8 Å². The number of anilines is 1. The van der Waals surface area contributed by atoms with Crippen molar-refractivity contribution in [3.63, 3.8) is 0 Å². The molecular formula is C25H21N3OS. The van der Waals surface area contributed by atoms with Crippen molar-refractivity contribution < 1.29 is 4.79 Å². The van der Waals surface area contributed by atoms with Gasteiger partial charge >= 0.3 is 6.03 Å². The molecule has 2 amide bonds. The maximum absolute atomic E-state index is 13.1. The Hall–Kier alpha value is -3.49. The zero-order valence-electron chi connectivity index (χ0n) is 16.7. The Bertz CT molecular complexity index is 1130. The first-order valence-electron chi connectivity index (χ1n) is 9.67. The summed E-state index contributed by atoms with van der Waals surface area (Å²) in [4.78, 5) is 17.7. The van der Waals surface area contributed by atoms with Crippen LogP contribution in [0.3, 0.4) is 0 Å². The number of carbonyl (C=O) groups excluding carboxylic acids is 1. The van der Waals surface area contributed by atoms with Crippen LogP contribution in [0.1, 0.15) is 11.1 Å². The summed E-state index contributed by atoms with van der Waals surface area (Å²) < 4.78 is 0. The van der Waals surface area contributed by atoms with Crippen LogP contribution in [0.2, 0.25) is 0 Å². The van der Waals surface area contributed by atoms with Gasteiger partial charge in [-0.2, -0.15) is 5.26 Å². The fourth-order valence-electron chi connectivity index (χ4n) is 3.55. The lowest BCUT2D eigenvalue weighted by atomic mass is 10.1. The molecule has 0 bridgehead atoms. The highest BCUT2D eigenvalue weighted by Crippen LogP contribution is 2.31. The van der Waals surface area contributed by atoms with Gasteiger partial charge < -0.3 is 0 Å². The minimum atomic E-state index is -0.0721. The van der Waals surface area contributed by atoms with E-state index < -0.39 is 0 Å². The largest absolute Gasteiger partial charge is 0.329 e. The van der Waals surface area contributed by atoms with E-state index in [0.717, 1.165) is 16.8 Å². The van der Waals surface area contributed by atoms with Crippen molar-refractivity contribution in [3.8, 4) is 17.2 Å². The third-order valence-electron chi connectivity index (χ3n) is 5.06. The Morgan fingerprint density at radius 3 is 2.60 bits per heavy atom. The van der Waals surface area contributed by atoms with Crippen molar-refractivity contribution in [3.05, 3.63) is 96.2 Å². The molecule has 148 valence electrons. The molecule has 0 fully saturated rings. The minimum absolute atomic E-state index is 0.0721. The van der Waals surface area contributed by atoms with Crippen molar-refractivity contribution in [1.29, 1.82) is 5.26 Å². The summed E-state index contributed by atoms with van der Waals surface area (Å²) in [5, 5.41) is 9.09. The number of nitrogens with zero attached hydrogens (tertiary/aromatic N) is 3. The Labute approximate surface area is 181 Å². The van der Waals surface area contributed by atoms with Gasteiger partial charge in [0, 0.05) is 23.3 Å². The van der Waals surface area contributed by atoms with E-state index >= 15 is 0 Å². The summed E-state index contributed by atoms with van der Waals surface area (Å²) >= 11 is 1.73. The molecule has 3 aromatic rings. The lowest BCUT2D eigenvalue weighted by Gasteiger charge is -2.31. The van der Waals surface area contributed by atoms with Crippen molar-refractivity contribution >= 4 is 23.5 Å². The van der Waals surface area contributed by atoms with Gasteiger partial charge in [0.1, 0.15) is 0 Å². The van der Waals surface area contributed by atoms with Gasteiger partial charge in [0.2, 0.25) is 0 Å². The number of hydrogen-bond donors (Lipinski definition) is 0. The lowest BCUT2D eigenvalue weighted by molar-refractivity contribution is 0.218. The lowest BCUT2D eigenvalue weighted by Crippen LogP contribution is -2.43. The van der Waals surface area contributed by atoms with E-state index in [0.29, 0.717) is 18.7 Å². The van der Waals surface area contributed by atoms with Gasteiger partial charge in [-0.15, -0.1) is 11.8 Å². The second kappa shape index (κ2) is 8.89. The first-order valence-corrected chi connectivity index (χ1v) is 10.9. The highest BCUT2D eigenvalue weighted by molar-refractivity contribution is 7.98. The smallest absolute Gasteiger partial charge is 0.297 e. The molecular weight excluding hydrogens is 390 g/mol. The molecule has 0 saturated heterocycles. The van der Waals surface area contributed by atoms with Crippen LogP contribution in [0.4, 0.5) is 10.5 Å². The van der Waals surface area contributed by atoms with Gasteiger partial charge in [0.15, 0.2) is 0 Å². The second-order valence-corrected chi connectivity index (χ2v) is 7.81. The number of rotatable bonds is 5. The fraction of sp³-hybridized carbons (Fsp3) is 0.120. The number of benzene rings is 3. The predicted molar refractivity (Wildman–Crippen MR) is 122 cm³/mol. The molecule has 1 aliphatic rings. The molecule has 3 aromatic carbocycles. The topological polar surface area (TPSA) is 47.3 Å². The van der Waals surface area contributed by atoms with Gasteiger partial charge in [0.05, 0.1) is 18.2 Å². The number of thioether (sulfide) groups is 1. The summed E-state index contributed by atoms with van der Waals surface area (Å²) in [5.74, 6) is 0. The molecule has 30 heavy (non-hydrogen) atoms. The molecule has 1 heterocycles. The number of nitriles is 1.